The van der Waals surface area contributed by atoms with Crippen LogP contribution in [0.25, 0.3) is 0 Å². The fraction of sp³-hybridized carbons (Fsp3) is 0.280. The highest BCUT2D eigenvalue weighted by Crippen LogP contribution is 2.34. The number of nitrogens with zero attached hydrogens (tertiary/aromatic N) is 2. The summed E-state index contributed by atoms with van der Waals surface area (Å²) in [5, 5.41) is 12.7. The molecule has 36 heavy (non-hydrogen) atoms. The minimum absolute atomic E-state index is 0.0138. The van der Waals surface area contributed by atoms with Crippen molar-refractivity contribution in [3.8, 4) is 5.75 Å². The van der Waals surface area contributed by atoms with Gasteiger partial charge in [0.05, 0.1) is 11.8 Å². The smallest absolute Gasteiger partial charge is 0.273 e. The predicted molar refractivity (Wildman–Crippen MR) is 136 cm³/mol. The van der Waals surface area contributed by atoms with Gasteiger partial charge in [0.1, 0.15) is 16.7 Å². The van der Waals surface area contributed by atoms with Crippen molar-refractivity contribution in [2.45, 2.75) is 31.9 Å². The van der Waals surface area contributed by atoms with Crippen LogP contribution in [-0.2, 0) is 9.53 Å². The molecular weight excluding hydrogens is 482 g/mol. The van der Waals surface area contributed by atoms with Crippen molar-refractivity contribution in [2.24, 2.45) is 5.73 Å². The molecule has 188 valence electrons. The molecule has 0 unspecified atom stereocenters. The first-order valence-electron chi connectivity index (χ1n) is 11.4. The molecule has 0 saturated carbocycles. The molecule has 3 aromatic rings. The number of rotatable bonds is 8. The molecule has 3 amide bonds. The minimum atomic E-state index is -1.12. The van der Waals surface area contributed by atoms with Gasteiger partial charge in [0, 0.05) is 18.8 Å². The number of phenolic OH excluding ortho intramolecular Hbond substituents is 1. The normalized spacial score (nSPS) is 15.9. The summed E-state index contributed by atoms with van der Waals surface area (Å²) in [6, 6.07) is 12.0. The fourth-order valence-electron chi connectivity index (χ4n) is 4.02. The number of nitrogens with two attached hydrogens (primary N) is 2. The molecule has 4 rings (SSSR count). The highest BCUT2D eigenvalue weighted by atomic mass is 32.1. The summed E-state index contributed by atoms with van der Waals surface area (Å²) in [6.45, 7) is 2.84. The standard InChI is InChI=1S/C25H27N5O5S/c1-14-4-8-16(9-5-14)30(25(34)22-19(26)20(23(27)32)29-36-22)21(15-6-10-17(31)11-7-15)24(33)28-13-18-3-2-12-35-18/h4-11,18,21,31H,2-3,12-13,26H2,1H3,(H2,27,32)(H,28,33)/t18-,21+/m1/s1. The van der Waals surface area contributed by atoms with Crippen LogP contribution in [0.2, 0.25) is 0 Å². The topological polar surface area (TPSA) is 161 Å². The number of anilines is 2. The number of ether oxygens (including phenoxy) is 1. The van der Waals surface area contributed by atoms with Crippen molar-refractivity contribution in [1.29, 1.82) is 0 Å². The van der Waals surface area contributed by atoms with Gasteiger partial charge in [0.25, 0.3) is 11.8 Å². The Morgan fingerprint density at radius 3 is 2.47 bits per heavy atom. The Bertz CT molecular complexity index is 1250. The van der Waals surface area contributed by atoms with Crippen LogP contribution in [0, 0.1) is 6.92 Å². The molecule has 2 heterocycles. The van der Waals surface area contributed by atoms with E-state index in [-0.39, 0.29) is 34.7 Å². The van der Waals surface area contributed by atoms with Crippen molar-refractivity contribution in [3.05, 3.63) is 70.2 Å². The minimum Gasteiger partial charge on any atom is -0.508 e. The summed E-state index contributed by atoms with van der Waals surface area (Å²) in [7, 11) is 0. The lowest BCUT2D eigenvalue weighted by atomic mass is 10.0. The monoisotopic (exact) mass is 509 g/mol. The van der Waals surface area contributed by atoms with E-state index in [4.69, 9.17) is 16.2 Å². The summed E-state index contributed by atoms with van der Waals surface area (Å²) in [5.41, 5.74) is 12.9. The molecule has 1 aliphatic rings. The highest BCUT2D eigenvalue weighted by molar-refractivity contribution is 7.09. The number of aromatic nitrogens is 1. The van der Waals surface area contributed by atoms with E-state index in [0.29, 0.717) is 17.9 Å². The van der Waals surface area contributed by atoms with Gasteiger partial charge < -0.3 is 26.6 Å². The maximum atomic E-state index is 13.9. The van der Waals surface area contributed by atoms with Crippen LogP contribution in [0.1, 0.15) is 50.2 Å². The molecule has 1 aromatic heterocycles. The van der Waals surface area contributed by atoms with E-state index in [0.717, 1.165) is 29.9 Å². The third kappa shape index (κ3) is 5.31. The van der Waals surface area contributed by atoms with Crippen LogP contribution >= 0.6 is 11.5 Å². The summed E-state index contributed by atoms with van der Waals surface area (Å²) in [6.07, 6.45) is 1.65. The van der Waals surface area contributed by atoms with Crippen molar-refractivity contribution in [3.63, 3.8) is 0 Å². The van der Waals surface area contributed by atoms with E-state index < -0.39 is 23.8 Å². The van der Waals surface area contributed by atoms with Crippen molar-refractivity contribution < 1.29 is 24.2 Å². The molecule has 0 bridgehead atoms. The number of carbonyl (C=O) groups excluding carboxylic acids is 3. The van der Waals surface area contributed by atoms with Crippen LogP contribution in [0.15, 0.2) is 48.5 Å². The van der Waals surface area contributed by atoms with Crippen molar-refractivity contribution >= 4 is 40.6 Å². The van der Waals surface area contributed by atoms with Crippen LogP contribution in [-0.4, -0.2) is 46.5 Å². The van der Waals surface area contributed by atoms with Crippen LogP contribution in [0.5, 0.6) is 5.75 Å². The second-order valence-corrected chi connectivity index (χ2v) is 9.30. The Morgan fingerprint density at radius 1 is 1.19 bits per heavy atom. The highest BCUT2D eigenvalue weighted by Gasteiger charge is 2.36. The number of nitrogen functional groups attached to an aromatic ring is 1. The number of aryl methyl sites for hydroxylation is 1. The van der Waals surface area contributed by atoms with Crippen LogP contribution in [0.3, 0.4) is 0 Å². The molecule has 0 spiro atoms. The molecule has 6 N–H and O–H groups in total. The maximum Gasteiger partial charge on any atom is 0.273 e. The summed E-state index contributed by atoms with van der Waals surface area (Å²) >= 11 is 0.741. The van der Waals surface area contributed by atoms with E-state index in [1.807, 2.05) is 19.1 Å². The number of phenols is 1. The van der Waals surface area contributed by atoms with Gasteiger partial charge in [-0.25, -0.2) is 0 Å². The molecule has 1 saturated heterocycles. The number of benzene rings is 2. The second kappa shape index (κ2) is 10.8. The zero-order chi connectivity index (χ0) is 25.8. The fourth-order valence-corrected chi connectivity index (χ4v) is 4.76. The quantitative estimate of drug-likeness (QED) is 0.363. The molecule has 0 aliphatic carbocycles. The molecule has 1 fully saturated rings. The van der Waals surface area contributed by atoms with E-state index >= 15 is 0 Å². The number of primary amides is 1. The SMILES string of the molecule is Cc1ccc(N(C(=O)c2snc(C(N)=O)c2N)[C@H](C(=O)NC[C@H]2CCCO2)c2ccc(O)cc2)cc1. The van der Waals surface area contributed by atoms with Crippen LogP contribution in [0.4, 0.5) is 11.4 Å². The molecular formula is C25H27N5O5S. The first-order chi connectivity index (χ1) is 17.3. The number of nitrogens with one attached hydrogen (secondary N) is 1. The van der Waals surface area contributed by atoms with E-state index in [9.17, 15) is 19.5 Å². The maximum absolute atomic E-state index is 13.9. The van der Waals surface area contributed by atoms with Gasteiger partial charge in [-0.3, -0.25) is 19.3 Å². The Labute approximate surface area is 212 Å². The Kier molecular flexibility index (Phi) is 7.51. The first-order valence-corrected chi connectivity index (χ1v) is 12.2. The lowest BCUT2D eigenvalue weighted by Crippen LogP contribution is -2.45. The lowest BCUT2D eigenvalue weighted by molar-refractivity contribution is -0.123. The lowest BCUT2D eigenvalue weighted by Gasteiger charge is -2.31. The molecule has 0 radical (unpaired) electrons. The van der Waals surface area contributed by atoms with Gasteiger partial charge in [-0.15, -0.1) is 0 Å². The molecule has 2 atom stereocenters. The number of hydrogen-bond donors (Lipinski definition) is 4. The van der Waals surface area contributed by atoms with E-state index in [1.165, 1.54) is 17.0 Å². The van der Waals surface area contributed by atoms with Gasteiger partial charge in [-0.05, 0) is 61.1 Å². The van der Waals surface area contributed by atoms with Gasteiger partial charge >= 0.3 is 0 Å². The third-order valence-corrected chi connectivity index (χ3v) is 6.78. The number of carbonyl (C=O) groups is 3. The summed E-state index contributed by atoms with van der Waals surface area (Å²) in [4.78, 5) is 40.6. The number of amides is 3. The predicted octanol–water partition coefficient (Wildman–Crippen LogP) is 2.52. The molecule has 10 nitrogen and oxygen atoms in total. The molecule has 2 aromatic carbocycles. The average molecular weight is 510 g/mol. The number of hydrogen-bond acceptors (Lipinski definition) is 8. The molecule has 11 heteroatoms. The third-order valence-electron chi connectivity index (χ3n) is 5.93. The summed E-state index contributed by atoms with van der Waals surface area (Å²) in [5.74, 6) is -1.90. The van der Waals surface area contributed by atoms with Crippen LogP contribution < -0.4 is 21.7 Å². The van der Waals surface area contributed by atoms with Gasteiger partial charge in [0.15, 0.2) is 5.69 Å². The molecule has 1 aliphatic heterocycles. The zero-order valence-corrected chi connectivity index (χ0v) is 20.5. The van der Waals surface area contributed by atoms with Crippen molar-refractivity contribution in [1.82, 2.24) is 9.69 Å². The van der Waals surface area contributed by atoms with E-state index in [2.05, 4.69) is 9.69 Å². The second-order valence-electron chi connectivity index (χ2n) is 8.52. The van der Waals surface area contributed by atoms with Gasteiger partial charge in [-0.2, -0.15) is 4.37 Å². The Morgan fingerprint density at radius 2 is 1.89 bits per heavy atom. The average Bonchev–Trinajstić information content (AvgIpc) is 3.52. The Hall–Kier alpha value is -3.96. The van der Waals surface area contributed by atoms with Gasteiger partial charge in [0.2, 0.25) is 5.91 Å². The Balaban J connectivity index is 1.79. The van der Waals surface area contributed by atoms with E-state index in [1.54, 1.807) is 24.3 Å². The van der Waals surface area contributed by atoms with Crippen molar-refractivity contribution in [2.75, 3.05) is 23.8 Å². The summed E-state index contributed by atoms with van der Waals surface area (Å²) < 4.78 is 9.57. The first kappa shape index (κ1) is 25.1. The number of aromatic hydroxyl groups is 1. The largest absolute Gasteiger partial charge is 0.508 e. The van der Waals surface area contributed by atoms with Gasteiger partial charge in [-0.1, -0.05) is 29.8 Å². The zero-order valence-electron chi connectivity index (χ0n) is 19.6.